The molecule has 9 nitrogen and oxygen atoms in total. The number of carbonyl (C=O) groups is 2. The first-order valence-corrected chi connectivity index (χ1v) is 17.4. The summed E-state index contributed by atoms with van der Waals surface area (Å²) in [5.74, 6) is -0.231. The summed E-state index contributed by atoms with van der Waals surface area (Å²) < 4.78 is 0. The third-order valence-corrected chi connectivity index (χ3v) is 10.1. The second-order valence-corrected chi connectivity index (χ2v) is 13.5. The maximum atomic E-state index is 14.0. The fourth-order valence-corrected chi connectivity index (χ4v) is 7.28. The summed E-state index contributed by atoms with van der Waals surface area (Å²) in [5, 5.41) is 3.06. The van der Waals surface area contributed by atoms with Crippen molar-refractivity contribution in [3.05, 3.63) is 99.0 Å². The van der Waals surface area contributed by atoms with Crippen LogP contribution in [-0.4, -0.2) is 90.4 Å². The van der Waals surface area contributed by atoms with Crippen LogP contribution in [0.4, 0.5) is 5.69 Å². The lowest BCUT2D eigenvalue weighted by molar-refractivity contribution is -0.127. The molecule has 2 amide bonds. The van der Waals surface area contributed by atoms with Crippen molar-refractivity contribution in [2.75, 3.05) is 57.8 Å². The Balaban J connectivity index is 1.48. The molecule has 3 heterocycles. The monoisotopic (exact) mass is 652 g/mol. The highest BCUT2D eigenvalue weighted by Crippen LogP contribution is 2.34. The summed E-state index contributed by atoms with van der Waals surface area (Å²) in [6.45, 7) is 19.1. The van der Waals surface area contributed by atoms with E-state index in [1.54, 1.807) is 0 Å². The first-order chi connectivity index (χ1) is 23.1. The van der Waals surface area contributed by atoms with Gasteiger partial charge in [-0.1, -0.05) is 24.8 Å². The number of aryl methyl sites for hydroxylation is 2. The predicted molar refractivity (Wildman–Crippen MR) is 195 cm³/mol. The molecule has 0 aliphatic carbocycles. The number of benzene rings is 2. The average Bonchev–Trinajstić information content (AvgIpc) is 3.28. The topological polar surface area (TPSA) is 92.0 Å². The van der Waals surface area contributed by atoms with Gasteiger partial charge in [-0.25, -0.2) is 0 Å². The molecule has 0 spiro atoms. The van der Waals surface area contributed by atoms with E-state index in [9.17, 15) is 14.4 Å². The van der Waals surface area contributed by atoms with Crippen LogP contribution in [0.1, 0.15) is 64.5 Å². The van der Waals surface area contributed by atoms with Crippen LogP contribution in [0.3, 0.4) is 0 Å². The van der Waals surface area contributed by atoms with Gasteiger partial charge in [-0.05, 0) is 125 Å². The number of nitrogens with zero attached hydrogens (tertiary/aromatic N) is 4. The number of amides is 2. The molecule has 256 valence electrons. The quantitative estimate of drug-likeness (QED) is 0.299. The largest absolute Gasteiger partial charge is 0.368 e. The normalized spacial score (nSPS) is 16.4. The van der Waals surface area contributed by atoms with Crippen LogP contribution in [0.2, 0.25) is 0 Å². The number of aromatic amines is 1. The molecule has 2 aromatic carbocycles. The van der Waals surface area contributed by atoms with Crippen molar-refractivity contribution in [2.24, 2.45) is 0 Å². The van der Waals surface area contributed by atoms with Crippen LogP contribution in [-0.2, 0) is 17.9 Å². The number of piperidine rings is 1. The Morgan fingerprint density at radius 2 is 1.77 bits per heavy atom. The van der Waals surface area contributed by atoms with Gasteiger partial charge in [0.1, 0.15) is 0 Å². The molecule has 0 saturated carbocycles. The molecule has 1 aromatic heterocycles. The Kier molecular flexibility index (Phi) is 11.5. The van der Waals surface area contributed by atoms with Crippen LogP contribution in [0.5, 0.6) is 0 Å². The van der Waals surface area contributed by atoms with E-state index in [1.165, 1.54) is 11.6 Å². The summed E-state index contributed by atoms with van der Waals surface area (Å²) in [7, 11) is 2.19. The van der Waals surface area contributed by atoms with Crippen LogP contribution in [0.25, 0.3) is 11.1 Å². The highest BCUT2D eigenvalue weighted by Gasteiger charge is 2.28. The van der Waals surface area contributed by atoms with E-state index >= 15 is 0 Å². The number of pyridine rings is 1. The SMILES string of the molecule is C=CC(=O)N1CCC(N(CC)c2cc(-c3cccc(CN4CCCN(C)CC4)c3)cc(C(=O)NCc3c(C)cc(C)[nH]c3=O)c2C)CC1. The van der Waals surface area contributed by atoms with Gasteiger partial charge in [0.05, 0.1) is 0 Å². The molecular formula is C39H52N6O3. The molecule has 2 fully saturated rings. The number of hydrogen-bond donors (Lipinski definition) is 2. The van der Waals surface area contributed by atoms with Crippen molar-refractivity contribution >= 4 is 17.5 Å². The summed E-state index contributed by atoms with van der Waals surface area (Å²) >= 11 is 0. The molecule has 0 bridgehead atoms. The number of hydrogen-bond acceptors (Lipinski definition) is 6. The van der Waals surface area contributed by atoms with E-state index in [0.717, 1.165) is 92.2 Å². The molecule has 0 atom stereocenters. The van der Waals surface area contributed by atoms with Crippen LogP contribution >= 0.6 is 0 Å². The molecule has 48 heavy (non-hydrogen) atoms. The van der Waals surface area contributed by atoms with E-state index in [2.05, 4.69) is 75.9 Å². The number of likely N-dealkylation sites (tertiary alicyclic amines) is 1. The Labute approximate surface area is 285 Å². The molecular weight excluding hydrogens is 600 g/mol. The summed E-state index contributed by atoms with van der Waals surface area (Å²) in [4.78, 5) is 51.0. The number of likely N-dealkylation sites (N-methyl/N-ethyl adjacent to an activating group) is 1. The third kappa shape index (κ3) is 8.25. The van der Waals surface area contributed by atoms with Gasteiger partial charge in [0.2, 0.25) is 5.91 Å². The molecule has 0 radical (unpaired) electrons. The van der Waals surface area contributed by atoms with E-state index in [0.29, 0.717) is 24.2 Å². The first kappa shape index (κ1) is 35.1. The molecule has 2 N–H and O–H groups in total. The van der Waals surface area contributed by atoms with Crippen molar-refractivity contribution in [3.63, 3.8) is 0 Å². The molecule has 0 unspecified atom stereocenters. The van der Waals surface area contributed by atoms with Gasteiger partial charge >= 0.3 is 0 Å². The standard InChI is InChI=1S/C39H52N6O3/c1-7-37(46)44-17-13-33(14-18-44)45(8-2)36-24-32(31-12-9-11-30(22-31)26-43-16-10-15-42(6)19-20-43)23-34(29(36)5)38(47)40-25-35-27(3)21-28(4)41-39(35)48/h7,9,11-12,21-24,33H,1,8,10,13-20,25-26H2,2-6H3,(H,40,47)(H,41,48). The maximum absolute atomic E-state index is 14.0. The number of anilines is 1. The van der Waals surface area contributed by atoms with Crippen LogP contribution in [0.15, 0.2) is 59.9 Å². The van der Waals surface area contributed by atoms with Gasteiger partial charge in [-0.3, -0.25) is 19.3 Å². The van der Waals surface area contributed by atoms with Gasteiger partial charge in [0.25, 0.3) is 11.5 Å². The lowest BCUT2D eigenvalue weighted by atomic mass is 9.94. The predicted octanol–water partition coefficient (Wildman–Crippen LogP) is 5.04. The van der Waals surface area contributed by atoms with Crippen LogP contribution in [0, 0.1) is 20.8 Å². The number of rotatable bonds is 10. The first-order valence-electron chi connectivity index (χ1n) is 17.4. The zero-order valence-electron chi connectivity index (χ0n) is 29.4. The van der Waals surface area contributed by atoms with Crippen LogP contribution < -0.4 is 15.8 Å². The highest BCUT2D eigenvalue weighted by atomic mass is 16.2. The number of carbonyl (C=O) groups excluding carboxylic acids is 2. The average molecular weight is 653 g/mol. The number of H-pyrrole nitrogens is 1. The highest BCUT2D eigenvalue weighted by molar-refractivity contribution is 5.99. The van der Waals surface area contributed by atoms with E-state index in [1.807, 2.05) is 37.8 Å². The molecule has 9 heteroatoms. The lowest BCUT2D eigenvalue weighted by Crippen LogP contribution is -2.46. The van der Waals surface area contributed by atoms with E-state index < -0.39 is 0 Å². The molecule has 3 aromatic rings. The Bertz CT molecular complexity index is 1690. The van der Waals surface area contributed by atoms with E-state index in [-0.39, 0.29) is 30.0 Å². The van der Waals surface area contributed by atoms with Crippen molar-refractivity contribution < 1.29 is 9.59 Å². The molecule has 2 saturated heterocycles. The lowest BCUT2D eigenvalue weighted by Gasteiger charge is -2.40. The summed E-state index contributed by atoms with van der Waals surface area (Å²) in [5.41, 5.74) is 7.88. The van der Waals surface area contributed by atoms with Crippen molar-refractivity contribution in [2.45, 2.75) is 66.1 Å². The minimum absolute atomic E-state index is 0.0247. The fraction of sp³-hybridized carbons (Fsp3) is 0.462. The summed E-state index contributed by atoms with van der Waals surface area (Å²) in [6.07, 6.45) is 4.24. The summed E-state index contributed by atoms with van der Waals surface area (Å²) in [6, 6.07) is 15.1. The number of nitrogens with one attached hydrogen (secondary N) is 2. The van der Waals surface area contributed by atoms with Gasteiger partial charge in [0.15, 0.2) is 0 Å². The molecule has 2 aliphatic rings. The second-order valence-electron chi connectivity index (χ2n) is 13.5. The molecule has 5 rings (SSSR count). The number of aromatic nitrogens is 1. The van der Waals surface area contributed by atoms with Crippen molar-refractivity contribution in [3.8, 4) is 11.1 Å². The Hall–Kier alpha value is -4.21. The Morgan fingerprint density at radius 1 is 1.00 bits per heavy atom. The van der Waals surface area contributed by atoms with Gasteiger partial charge < -0.3 is 25.0 Å². The van der Waals surface area contributed by atoms with Gasteiger partial charge in [-0.15, -0.1) is 0 Å². The second kappa shape index (κ2) is 15.8. The van der Waals surface area contributed by atoms with Gasteiger partial charge in [-0.2, -0.15) is 0 Å². The smallest absolute Gasteiger partial charge is 0.253 e. The maximum Gasteiger partial charge on any atom is 0.253 e. The zero-order chi connectivity index (χ0) is 34.4. The fourth-order valence-electron chi connectivity index (χ4n) is 7.28. The zero-order valence-corrected chi connectivity index (χ0v) is 29.4. The third-order valence-electron chi connectivity index (χ3n) is 10.1. The van der Waals surface area contributed by atoms with Gasteiger partial charge in [0, 0.05) is 74.4 Å². The minimum Gasteiger partial charge on any atom is -0.368 e. The Morgan fingerprint density at radius 3 is 2.48 bits per heavy atom. The molecule has 2 aliphatic heterocycles. The van der Waals surface area contributed by atoms with Crippen molar-refractivity contribution in [1.82, 2.24) is 25.0 Å². The van der Waals surface area contributed by atoms with E-state index in [4.69, 9.17) is 0 Å². The minimum atomic E-state index is -0.206. The van der Waals surface area contributed by atoms with Crippen molar-refractivity contribution in [1.29, 1.82) is 0 Å².